The smallest absolute Gasteiger partial charge is 0.0146 e. The molecule has 0 unspecified atom stereocenters. The maximum atomic E-state index is 13.0. The number of anilines is 3. The molecule has 55 heavy (non-hydrogen) atoms. The fourth-order valence-electron chi connectivity index (χ4n) is 7.88. The van der Waals surface area contributed by atoms with Gasteiger partial charge in [-0.3, -0.25) is 0 Å². The third kappa shape index (κ3) is 11.8. The standard InChI is InChI=1S/C23H30N2O3S.C21H27N2.2ClH.Ru/c1-17(2)28-23-12-8-7-11-22(23)24-16-19-13-14-21(15-18(19)3)29(26,27)25-20-9-5-4-6-10-20;1-14-9-16(3)20(17(4)10-14)22-7-8-23(13-22)21-18(5)11-15(2)12-19(21)6;;;/h3,7-8,11-15,17,20,24-25H,4-6,9-10,16H2,1-2H3;9-13H,7-8H2,1-6H3;2*1H;/q;-1;;;+2/p-1. The van der Waals surface area contributed by atoms with Crippen LogP contribution in [0, 0.1) is 48.2 Å². The average Bonchev–Trinajstić information content (AvgIpc) is 3.56. The Labute approximate surface area is 343 Å². The Kier molecular flexibility index (Phi) is 15.3. The van der Waals surface area contributed by atoms with Crippen LogP contribution < -0.4 is 19.8 Å². The minimum Gasteiger partial charge on any atom is -0.502 e. The van der Waals surface area contributed by atoms with Crippen LogP contribution in [0.1, 0.15) is 90.5 Å². The number of nitrogens with zero attached hydrogens (tertiary/aromatic N) is 2. The first-order valence-corrected chi connectivity index (χ1v) is 26.1. The molecule has 1 saturated heterocycles. The fourth-order valence-corrected chi connectivity index (χ4v) is 11.1. The normalized spacial score (nSPS) is 15.1. The maximum Gasteiger partial charge on any atom is 0.0146 e. The van der Waals surface area contributed by atoms with E-state index in [1.807, 2.05) is 44.2 Å². The third-order valence-electron chi connectivity index (χ3n) is 10.0. The van der Waals surface area contributed by atoms with Crippen LogP contribution in [-0.2, 0) is 30.1 Å². The summed E-state index contributed by atoms with van der Waals surface area (Å²) in [6.07, 6.45) is 5.26. The molecule has 4 aromatic rings. The molecule has 1 saturated carbocycles. The Hall–Kier alpha value is -2.94. The van der Waals surface area contributed by atoms with E-state index in [0.717, 1.165) is 61.3 Å². The van der Waals surface area contributed by atoms with Crippen molar-refractivity contribution in [1.82, 2.24) is 4.72 Å². The van der Waals surface area contributed by atoms with E-state index in [-0.39, 0.29) is 17.0 Å². The molecule has 0 spiro atoms. The molecule has 0 aromatic heterocycles. The van der Waals surface area contributed by atoms with Gasteiger partial charge in [0.15, 0.2) is 0 Å². The number of sulfonamides is 1. The zero-order valence-corrected chi connectivity index (χ0v) is 37.6. The first kappa shape index (κ1) is 43.2. The molecule has 0 bridgehead atoms. The molecule has 300 valence electrons. The SMILES string of the molecule is CC(C)[OH+]c1ccccc1NCc1ccc(S(=O)(=O)NC2CCCCC2)cc1[CH]=[Ru]([Cl])[Cl].Cc1cc(C)c(N2[CH-]N(c3c(C)cc(C)cc3C)CC2)c(C)c1. The topological polar surface area (TPSA) is 77.5 Å². The van der Waals surface area contributed by atoms with Crippen LogP contribution in [0.5, 0.6) is 5.75 Å². The van der Waals surface area contributed by atoms with E-state index in [9.17, 15) is 8.42 Å². The number of hydrogen-bond acceptors (Lipinski definition) is 5. The summed E-state index contributed by atoms with van der Waals surface area (Å²) in [5.74, 6) is 0.895. The van der Waals surface area contributed by atoms with Gasteiger partial charge < -0.3 is 9.80 Å². The molecule has 6 rings (SSSR count). The van der Waals surface area contributed by atoms with Gasteiger partial charge in [-0.2, -0.15) is 6.67 Å². The van der Waals surface area contributed by atoms with Crippen molar-refractivity contribution in [3.05, 3.63) is 118 Å². The van der Waals surface area contributed by atoms with Gasteiger partial charge in [0, 0.05) is 24.5 Å². The second kappa shape index (κ2) is 19.5. The number of halogens is 2. The van der Waals surface area contributed by atoms with Crippen LogP contribution >= 0.6 is 19.4 Å². The molecule has 2 fully saturated rings. The molecule has 0 amide bonds. The Balaban J connectivity index is 0.000000222. The summed E-state index contributed by atoms with van der Waals surface area (Å²) in [6, 6.07) is 22.2. The maximum absolute atomic E-state index is 13.0. The number of aliphatic hydroxyl groups is 1. The fraction of sp³-hybridized carbons (Fsp3) is 0.409. The van der Waals surface area contributed by atoms with Crippen LogP contribution in [0.15, 0.2) is 71.6 Å². The van der Waals surface area contributed by atoms with E-state index in [0.29, 0.717) is 6.54 Å². The van der Waals surface area contributed by atoms with Crippen molar-refractivity contribution in [2.75, 3.05) is 28.2 Å². The molecule has 1 aliphatic heterocycles. The summed E-state index contributed by atoms with van der Waals surface area (Å²) in [7, 11) is 8.72. The van der Waals surface area contributed by atoms with E-state index in [2.05, 4.69) is 97.1 Å². The summed E-state index contributed by atoms with van der Waals surface area (Å²) in [5, 5.41) is 3.42. The minimum atomic E-state index is -3.60. The summed E-state index contributed by atoms with van der Waals surface area (Å²) in [4.78, 5) is 5.06. The van der Waals surface area contributed by atoms with Crippen molar-refractivity contribution < 1.29 is 26.7 Å². The number of nitrogens with one attached hydrogen (secondary N) is 2. The largest absolute Gasteiger partial charge is 0.502 e. The molecule has 2 aliphatic rings. The first-order valence-electron chi connectivity index (χ1n) is 19.2. The Morgan fingerprint density at radius 2 is 1.36 bits per heavy atom. The number of para-hydroxylation sites is 2. The molecule has 1 heterocycles. The molecule has 11 heteroatoms. The Morgan fingerprint density at radius 3 is 1.89 bits per heavy atom. The predicted molar refractivity (Wildman–Crippen MR) is 231 cm³/mol. The molecule has 0 radical (unpaired) electrons. The zero-order valence-electron chi connectivity index (χ0n) is 33.5. The molecular formula is C44H58Cl2N4O3RuS. The number of hydrogen-bond donors (Lipinski definition) is 2. The van der Waals surface area contributed by atoms with E-state index in [1.165, 1.54) is 51.2 Å². The van der Waals surface area contributed by atoms with Crippen LogP contribution in [0.3, 0.4) is 0 Å². The van der Waals surface area contributed by atoms with E-state index in [4.69, 9.17) is 19.4 Å². The molecular weight excluding hydrogens is 837 g/mol. The van der Waals surface area contributed by atoms with Gasteiger partial charge in [0.2, 0.25) is 0 Å². The zero-order chi connectivity index (χ0) is 39.9. The summed E-state index contributed by atoms with van der Waals surface area (Å²) < 4.78 is 35.3. The number of ether oxygens (including phenoxy) is 1. The van der Waals surface area contributed by atoms with Gasteiger partial charge in [-0.05, 0) is 63.8 Å². The van der Waals surface area contributed by atoms with Gasteiger partial charge in [0.05, 0.1) is 0 Å². The minimum absolute atomic E-state index is 0.00668. The van der Waals surface area contributed by atoms with Crippen LogP contribution in [0.4, 0.5) is 17.1 Å². The summed E-state index contributed by atoms with van der Waals surface area (Å²) in [5.41, 5.74) is 13.4. The monoisotopic (exact) mass is 894 g/mol. The van der Waals surface area contributed by atoms with E-state index >= 15 is 0 Å². The number of benzene rings is 4. The molecule has 1 aliphatic carbocycles. The van der Waals surface area contributed by atoms with Gasteiger partial charge >= 0.3 is 205 Å². The van der Waals surface area contributed by atoms with Crippen molar-refractivity contribution >= 4 is 51.1 Å². The summed E-state index contributed by atoms with van der Waals surface area (Å²) in [6.45, 7) is 22.1. The average molecular weight is 895 g/mol. The quantitative estimate of drug-likeness (QED) is 0.0679. The number of aromatic hydroxyl groups is 1. The van der Waals surface area contributed by atoms with Crippen molar-refractivity contribution in [2.45, 2.75) is 111 Å². The molecule has 0 atom stereocenters. The second-order valence-electron chi connectivity index (χ2n) is 15.2. The Bertz CT molecular complexity index is 1990. The molecule has 7 nitrogen and oxygen atoms in total. The van der Waals surface area contributed by atoms with Gasteiger partial charge in [-0.25, -0.2) is 0 Å². The van der Waals surface area contributed by atoms with Gasteiger partial charge in [0.1, 0.15) is 0 Å². The van der Waals surface area contributed by atoms with Crippen molar-refractivity contribution in [2.24, 2.45) is 0 Å². The third-order valence-corrected chi connectivity index (χ3v) is 13.4. The van der Waals surface area contributed by atoms with Gasteiger partial charge in [-0.15, -0.1) is 0 Å². The second-order valence-corrected chi connectivity index (χ2v) is 22.7. The molecule has 4 aromatic carbocycles. The number of aryl methyl sites for hydroxylation is 6. The first-order chi connectivity index (χ1) is 26.1. The van der Waals surface area contributed by atoms with Crippen LogP contribution in [0.25, 0.3) is 0 Å². The van der Waals surface area contributed by atoms with Gasteiger partial charge in [0.25, 0.3) is 0 Å². The van der Waals surface area contributed by atoms with Crippen LogP contribution in [0.2, 0.25) is 0 Å². The van der Waals surface area contributed by atoms with E-state index in [1.54, 1.807) is 16.7 Å². The van der Waals surface area contributed by atoms with Crippen LogP contribution in [-0.4, -0.2) is 43.0 Å². The predicted octanol–water partition coefficient (Wildman–Crippen LogP) is 10.6. The summed E-state index contributed by atoms with van der Waals surface area (Å²) >= 11 is -2.15. The van der Waals surface area contributed by atoms with Gasteiger partial charge in [-0.1, -0.05) is 35.4 Å². The van der Waals surface area contributed by atoms with E-state index < -0.39 is 23.5 Å². The number of rotatable bonds is 11. The van der Waals surface area contributed by atoms with Crippen molar-refractivity contribution in [3.8, 4) is 5.75 Å². The molecule has 3 N–H and O–H groups in total. The van der Waals surface area contributed by atoms with Crippen molar-refractivity contribution in [3.63, 3.8) is 0 Å². The van der Waals surface area contributed by atoms with Crippen molar-refractivity contribution in [1.29, 1.82) is 0 Å². The Morgan fingerprint density at radius 1 is 0.818 bits per heavy atom.